The van der Waals surface area contributed by atoms with E-state index < -0.39 is 18.3 Å². The van der Waals surface area contributed by atoms with Gasteiger partial charge in [0.05, 0.1) is 48.7 Å². The SMILES string of the molecule is CO[C@@H]1CCN(c2cc(N3C4CCC3COC4)nc3c2c(C#N)nn3-c2ccn[nH]2)[C@H](C(F)(F)F)C1. The van der Waals surface area contributed by atoms with Crippen molar-refractivity contribution in [2.24, 2.45) is 0 Å². The van der Waals surface area contributed by atoms with E-state index in [1.807, 2.05) is 0 Å². The molecule has 3 saturated heterocycles. The van der Waals surface area contributed by atoms with Gasteiger partial charge in [-0.3, -0.25) is 5.10 Å². The maximum Gasteiger partial charge on any atom is 0.408 e. The highest BCUT2D eigenvalue weighted by Gasteiger charge is 2.48. The first kappa shape index (κ1) is 23.1. The van der Waals surface area contributed by atoms with Gasteiger partial charge in [0.2, 0.25) is 0 Å². The molecule has 0 spiro atoms. The molecule has 1 N–H and O–H groups in total. The van der Waals surface area contributed by atoms with Crippen molar-refractivity contribution in [1.82, 2.24) is 25.0 Å². The lowest BCUT2D eigenvalue weighted by Gasteiger charge is -2.42. The Kier molecular flexibility index (Phi) is 5.53. The number of rotatable bonds is 4. The molecule has 0 saturated carbocycles. The monoisotopic (exact) mass is 502 g/mol. The van der Waals surface area contributed by atoms with Crippen LogP contribution in [0.4, 0.5) is 24.7 Å². The Morgan fingerprint density at radius 1 is 1.22 bits per heavy atom. The molecule has 0 aliphatic carbocycles. The van der Waals surface area contributed by atoms with Gasteiger partial charge >= 0.3 is 6.18 Å². The van der Waals surface area contributed by atoms with Crippen molar-refractivity contribution in [1.29, 1.82) is 5.26 Å². The second kappa shape index (κ2) is 8.63. The molecule has 36 heavy (non-hydrogen) atoms. The van der Waals surface area contributed by atoms with Crippen molar-refractivity contribution in [2.75, 3.05) is 36.7 Å². The summed E-state index contributed by atoms with van der Waals surface area (Å²) >= 11 is 0. The van der Waals surface area contributed by atoms with Crippen LogP contribution in [0.3, 0.4) is 0 Å². The molecule has 6 heterocycles. The van der Waals surface area contributed by atoms with E-state index in [2.05, 4.69) is 26.3 Å². The van der Waals surface area contributed by atoms with Gasteiger partial charge in [0.1, 0.15) is 17.9 Å². The number of aromatic amines is 1. The summed E-state index contributed by atoms with van der Waals surface area (Å²) in [7, 11) is 1.44. The average molecular weight is 503 g/mol. The Balaban J connectivity index is 1.58. The van der Waals surface area contributed by atoms with Gasteiger partial charge in [-0.05, 0) is 19.3 Å². The largest absolute Gasteiger partial charge is 0.408 e. The van der Waals surface area contributed by atoms with Crippen LogP contribution >= 0.6 is 0 Å². The van der Waals surface area contributed by atoms with E-state index in [0.29, 0.717) is 48.0 Å². The van der Waals surface area contributed by atoms with Crippen LogP contribution in [0.5, 0.6) is 0 Å². The first-order valence-electron chi connectivity index (χ1n) is 11.9. The molecule has 3 aliphatic heterocycles. The number of alkyl halides is 3. The molecule has 2 unspecified atom stereocenters. The quantitative estimate of drug-likeness (QED) is 0.580. The third kappa shape index (κ3) is 3.67. The lowest BCUT2D eigenvalue weighted by molar-refractivity contribution is -0.160. The zero-order valence-corrected chi connectivity index (χ0v) is 19.6. The molecule has 0 radical (unpaired) electrons. The topological polar surface area (TPSA) is 108 Å². The van der Waals surface area contributed by atoms with Gasteiger partial charge in [-0.15, -0.1) is 0 Å². The molecule has 3 aromatic heterocycles. The number of anilines is 2. The van der Waals surface area contributed by atoms with Crippen LogP contribution in [0.2, 0.25) is 0 Å². The standard InChI is InChI=1S/C23H25F3N8O2/c1-35-15-5-7-32(18(8-15)23(24,25)26)17-9-20(33-13-2-3-14(33)12-36-11-13)29-22-21(17)16(10-27)31-34(22)19-4-6-28-30-19/h4,6,9,13-15,18H,2-3,5,7-8,11-12H2,1H3,(H,28,30)/t13?,14?,15-,18+/m1/s1. The number of morpholine rings is 1. The second-order valence-electron chi connectivity index (χ2n) is 9.47. The third-order valence-corrected chi connectivity index (χ3v) is 7.50. The van der Waals surface area contributed by atoms with E-state index in [1.54, 1.807) is 12.1 Å². The van der Waals surface area contributed by atoms with Gasteiger partial charge in [-0.2, -0.15) is 33.3 Å². The Morgan fingerprint density at radius 2 is 2.00 bits per heavy atom. The highest BCUT2D eigenvalue weighted by atomic mass is 19.4. The minimum atomic E-state index is -4.49. The van der Waals surface area contributed by atoms with Crippen LogP contribution < -0.4 is 9.80 Å². The first-order valence-corrected chi connectivity index (χ1v) is 11.9. The number of fused-ring (bicyclic) bond motifs is 3. The number of aromatic nitrogens is 5. The predicted octanol–water partition coefficient (Wildman–Crippen LogP) is 2.93. The van der Waals surface area contributed by atoms with Crippen molar-refractivity contribution < 1.29 is 22.6 Å². The number of pyridine rings is 1. The van der Waals surface area contributed by atoms with E-state index in [4.69, 9.17) is 14.5 Å². The number of hydrogen-bond donors (Lipinski definition) is 1. The highest BCUT2D eigenvalue weighted by Crippen LogP contribution is 2.43. The van der Waals surface area contributed by atoms with Crippen LogP contribution in [0, 0.1) is 11.3 Å². The fourth-order valence-corrected chi connectivity index (χ4v) is 5.80. The lowest BCUT2D eigenvalue weighted by atomic mass is 9.97. The van der Waals surface area contributed by atoms with Gasteiger partial charge in [0.15, 0.2) is 17.2 Å². The summed E-state index contributed by atoms with van der Waals surface area (Å²) < 4.78 is 55.5. The molecule has 190 valence electrons. The van der Waals surface area contributed by atoms with Gasteiger partial charge in [-0.1, -0.05) is 0 Å². The number of H-pyrrole nitrogens is 1. The van der Waals surface area contributed by atoms with Gasteiger partial charge in [0, 0.05) is 32.2 Å². The molecule has 13 heteroatoms. The summed E-state index contributed by atoms with van der Waals surface area (Å²) in [5.41, 5.74) is 0.623. The van der Waals surface area contributed by atoms with E-state index >= 15 is 0 Å². The molecule has 10 nitrogen and oxygen atoms in total. The van der Waals surface area contributed by atoms with Crippen molar-refractivity contribution in [3.05, 3.63) is 24.0 Å². The van der Waals surface area contributed by atoms with E-state index in [0.717, 1.165) is 12.8 Å². The number of nitrogens with one attached hydrogen (secondary N) is 1. The molecule has 0 amide bonds. The molecule has 0 aromatic carbocycles. The Labute approximate surface area is 204 Å². The van der Waals surface area contributed by atoms with Crippen molar-refractivity contribution >= 4 is 22.5 Å². The number of nitrogens with zero attached hydrogens (tertiary/aromatic N) is 7. The summed E-state index contributed by atoms with van der Waals surface area (Å²) in [6.45, 7) is 1.20. The number of ether oxygens (including phenoxy) is 2. The Morgan fingerprint density at radius 3 is 2.64 bits per heavy atom. The van der Waals surface area contributed by atoms with Crippen LogP contribution in [0.25, 0.3) is 16.9 Å². The second-order valence-corrected chi connectivity index (χ2v) is 9.47. The molecular weight excluding hydrogens is 477 g/mol. The normalized spacial score (nSPS) is 26.5. The van der Waals surface area contributed by atoms with E-state index in [-0.39, 0.29) is 30.7 Å². The summed E-state index contributed by atoms with van der Waals surface area (Å²) in [6.07, 6.45) is -1.36. The summed E-state index contributed by atoms with van der Waals surface area (Å²) in [6, 6.07) is 3.86. The summed E-state index contributed by atoms with van der Waals surface area (Å²) in [4.78, 5) is 8.39. The van der Waals surface area contributed by atoms with Crippen molar-refractivity contribution in [3.63, 3.8) is 0 Å². The molecular formula is C23H25F3N8O2. The van der Waals surface area contributed by atoms with Crippen LogP contribution in [0.1, 0.15) is 31.4 Å². The van der Waals surface area contributed by atoms with Gasteiger partial charge < -0.3 is 19.3 Å². The molecule has 3 fully saturated rings. The molecule has 3 aliphatic rings. The third-order valence-electron chi connectivity index (χ3n) is 7.50. The van der Waals surface area contributed by atoms with Crippen LogP contribution in [0.15, 0.2) is 18.3 Å². The number of hydrogen-bond acceptors (Lipinski definition) is 8. The highest BCUT2D eigenvalue weighted by molar-refractivity contribution is 5.96. The first-order chi connectivity index (χ1) is 17.4. The van der Waals surface area contributed by atoms with Crippen LogP contribution in [-0.2, 0) is 9.47 Å². The maximum absolute atomic E-state index is 14.3. The molecule has 3 aromatic rings. The number of nitriles is 1. The number of methoxy groups -OCH3 is 1. The van der Waals surface area contributed by atoms with Gasteiger partial charge in [0.25, 0.3) is 0 Å². The van der Waals surface area contributed by atoms with E-state index in [1.165, 1.54) is 22.9 Å². The molecule has 2 bridgehead atoms. The zero-order valence-electron chi connectivity index (χ0n) is 19.6. The summed E-state index contributed by atoms with van der Waals surface area (Å²) in [5, 5.41) is 21.4. The average Bonchev–Trinajstić information content (AvgIpc) is 3.59. The smallest absolute Gasteiger partial charge is 0.381 e. The molecule has 6 rings (SSSR count). The van der Waals surface area contributed by atoms with Crippen LogP contribution in [-0.4, -0.2) is 82.2 Å². The van der Waals surface area contributed by atoms with E-state index in [9.17, 15) is 18.4 Å². The van der Waals surface area contributed by atoms with Crippen molar-refractivity contribution in [3.8, 4) is 11.9 Å². The van der Waals surface area contributed by atoms with Gasteiger partial charge in [-0.25, -0.2) is 4.98 Å². The number of piperidine rings is 1. The zero-order chi connectivity index (χ0) is 25.0. The minimum absolute atomic E-state index is 0.00777. The Hall–Kier alpha value is -3.37. The predicted molar refractivity (Wildman–Crippen MR) is 123 cm³/mol. The minimum Gasteiger partial charge on any atom is -0.381 e. The fraction of sp³-hybridized carbons (Fsp3) is 0.565. The Bertz CT molecular complexity index is 1290. The lowest BCUT2D eigenvalue weighted by Crippen LogP contribution is -2.53. The number of halogens is 3. The van der Waals surface area contributed by atoms with Crippen molar-refractivity contribution in [2.45, 2.75) is 56.1 Å². The summed E-state index contributed by atoms with van der Waals surface area (Å²) in [5.74, 6) is 1.03. The molecule has 4 atom stereocenters. The maximum atomic E-state index is 14.3. The fourth-order valence-electron chi connectivity index (χ4n) is 5.80.